The Morgan fingerprint density at radius 3 is 2.92 bits per heavy atom. The Labute approximate surface area is 149 Å². The van der Waals surface area contributed by atoms with Gasteiger partial charge in [-0.15, -0.1) is 0 Å². The monoisotopic (exact) mass is 339 g/mol. The average molecular weight is 339 g/mol. The van der Waals surface area contributed by atoms with E-state index in [1.165, 1.54) is 16.7 Å². The maximum atomic E-state index is 12.7. The molecule has 3 rings (SSSR count). The van der Waals surface area contributed by atoms with Crippen LogP contribution in [-0.2, 0) is 16.0 Å². The predicted molar refractivity (Wildman–Crippen MR) is 96.1 cm³/mol. The molecular weight excluding hydrogens is 314 g/mol. The highest BCUT2D eigenvalue weighted by Gasteiger charge is 2.30. The molecule has 1 saturated heterocycles. The van der Waals surface area contributed by atoms with Crippen molar-refractivity contribution < 1.29 is 9.53 Å². The van der Waals surface area contributed by atoms with E-state index in [9.17, 15) is 4.79 Å². The Hall–Kier alpha value is -2.27. The molecule has 0 radical (unpaired) electrons. The van der Waals surface area contributed by atoms with Crippen LogP contribution in [0.15, 0.2) is 36.8 Å². The number of ether oxygens (including phenoxy) is 1. The van der Waals surface area contributed by atoms with Crippen molar-refractivity contribution in [2.75, 3.05) is 13.2 Å². The Balaban J connectivity index is 1.68. The molecule has 1 aliphatic heterocycles. The molecule has 0 N–H and O–H groups in total. The summed E-state index contributed by atoms with van der Waals surface area (Å²) in [6, 6.07) is 6.48. The van der Waals surface area contributed by atoms with Gasteiger partial charge >= 0.3 is 0 Å². The van der Waals surface area contributed by atoms with Crippen molar-refractivity contribution in [2.45, 2.75) is 45.8 Å². The fourth-order valence-electron chi connectivity index (χ4n) is 3.24. The summed E-state index contributed by atoms with van der Waals surface area (Å²) >= 11 is 0. The molecule has 1 amide bonds. The van der Waals surface area contributed by atoms with E-state index in [4.69, 9.17) is 4.74 Å². The van der Waals surface area contributed by atoms with Gasteiger partial charge in [0.25, 0.3) is 0 Å². The minimum absolute atomic E-state index is 0.0587. The van der Waals surface area contributed by atoms with Crippen LogP contribution in [0, 0.1) is 13.8 Å². The third-order valence-corrected chi connectivity index (χ3v) is 4.75. The first-order valence-electron chi connectivity index (χ1n) is 8.77. The Bertz CT molecular complexity index is 733. The van der Waals surface area contributed by atoms with Gasteiger partial charge in [-0.25, -0.2) is 0 Å². The normalized spacial score (nSPS) is 20.5. The number of amides is 1. The zero-order chi connectivity index (χ0) is 17.8. The van der Waals surface area contributed by atoms with E-state index in [2.05, 4.69) is 42.0 Å². The SMILES string of the molecule is Cc1ccc(C)c([C@@H]2CN(C(=O)CCc3cnccn3)[C@@H](C)CO2)c1. The zero-order valence-electron chi connectivity index (χ0n) is 15.1. The molecule has 2 heterocycles. The molecule has 25 heavy (non-hydrogen) atoms. The second-order valence-electron chi connectivity index (χ2n) is 6.77. The van der Waals surface area contributed by atoms with Crippen molar-refractivity contribution in [1.82, 2.24) is 14.9 Å². The number of morpholine rings is 1. The van der Waals surface area contributed by atoms with Crippen molar-refractivity contribution in [1.29, 1.82) is 0 Å². The first-order valence-corrected chi connectivity index (χ1v) is 8.77. The van der Waals surface area contributed by atoms with Gasteiger partial charge in [0.1, 0.15) is 6.10 Å². The van der Waals surface area contributed by atoms with Crippen LogP contribution < -0.4 is 0 Å². The van der Waals surface area contributed by atoms with Crippen LogP contribution in [0.5, 0.6) is 0 Å². The van der Waals surface area contributed by atoms with Crippen LogP contribution in [0.1, 0.15) is 41.8 Å². The highest BCUT2D eigenvalue weighted by atomic mass is 16.5. The van der Waals surface area contributed by atoms with E-state index in [1.807, 2.05) is 11.8 Å². The molecule has 132 valence electrons. The number of nitrogens with zero attached hydrogens (tertiary/aromatic N) is 3. The Morgan fingerprint density at radius 2 is 2.16 bits per heavy atom. The van der Waals surface area contributed by atoms with Gasteiger partial charge in [-0.3, -0.25) is 14.8 Å². The van der Waals surface area contributed by atoms with E-state index >= 15 is 0 Å². The predicted octanol–water partition coefficient (Wildman–Crippen LogP) is 3.01. The molecule has 2 aromatic rings. The van der Waals surface area contributed by atoms with Gasteiger partial charge in [0, 0.05) is 25.0 Å². The summed E-state index contributed by atoms with van der Waals surface area (Å²) in [5.74, 6) is 0.150. The molecular formula is C20H25N3O2. The zero-order valence-corrected chi connectivity index (χ0v) is 15.1. The van der Waals surface area contributed by atoms with Crippen molar-refractivity contribution in [3.8, 4) is 0 Å². The lowest BCUT2D eigenvalue weighted by Crippen LogP contribution is -2.48. The number of aryl methyl sites for hydroxylation is 3. The third-order valence-electron chi connectivity index (χ3n) is 4.75. The fourth-order valence-corrected chi connectivity index (χ4v) is 3.24. The minimum atomic E-state index is -0.0587. The first kappa shape index (κ1) is 17.5. The Kier molecular flexibility index (Phi) is 5.43. The number of aromatic nitrogens is 2. The minimum Gasteiger partial charge on any atom is -0.370 e. The number of hydrogen-bond acceptors (Lipinski definition) is 4. The van der Waals surface area contributed by atoms with Gasteiger partial charge in [0.05, 0.1) is 24.9 Å². The number of carbonyl (C=O) groups is 1. The summed E-state index contributed by atoms with van der Waals surface area (Å²) in [6.45, 7) is 7.38. The lowest BCUT2D eigenvalue weighted by atomic mass is 9.98. The van der Waals surface area contributed by atoms with Gasteiger partial charge in [-0.05, 0) is 38.3 Å². The van der Waals surface area contributed by atoms with E-state index in [0.29, 0.717) is 26.0 Å². The van der Waals surface area contributed by atoms with Crippen LogP contribution in [0.4, 0.5) is 0 Å². The largest absolute Gasteiger partial charge is 0.370 e. The fraction of sp³-hybridized carbons (Fsp3) is 0.450. The maximum absolute atomic E-state index is 12.7. The molecule has 1 aromatic carbocycles. The first-order chi connectivity index (χ1) is 12.0. The second-order valence-corrected chi connectivity index (χ2v) is 6.77. The summed E-state index contributed by atoms with van der Waals surface area (Å²) in [5.41, 5.74) is 4.45. The molecule has 1 aliphatic rings. The summed E-state index contributed by atoms with van der Waals surface area (Å²) in [5, 5.41) is 0. The van der Waals surface area contributed by atoms with Crippen LogP contribution in [0.3, 0.4) is 0 Å². The van der Waals surface area contributed by atoms with Gasteiger partial charge in [-0.1, -0.05) is 23.8 Å². The highest BCUT2D eigenvalue weighted by Crippen LogP contribution is 2.28. The van der Waals surface area contributed by atoms with Crippen LogP contribution in [-0.4, -0.2) is 40.0 Å². The van der Waals surface area contributed by atoms with Gasteiger partial charge < -0.3 is 9.64 Å². The standard InChI is InChI=1S/C20H25N3O2/c1-14-4-5-15(2)18(10-14)19-12-23(16(3)13-25-19)20(24)7-6-17-11-21-8-9-22-17/h4-5,8-11,16,19H,6-7,12-13H2,1-3H3/t16-,19-/m0/s1. The Morgan fingerprint density at radius 1 is 1.32 bits per heavy atom. The molecule has 0 aliphatic carbocycles. The van der Waals surface area contributed by atoms with Crippen molar-refractivity contribution in [3.63, 3.8) is 0 Å². The van der Waals surface area contributed by atoms with Crippen LogP contribution in [0.2, 0.25) is 0 Å². The van der Waals surface area contributed by atoms with Gasteiger partial charge in [0.15, 0.2) is 0 Å². The quantitative estimate of drug-likeness (QED) is 0.859. The van der Waals surface area contributed by atoms with Crippen LogP contribution in [0.25, 0.3) is 0 Å². The molecule has 1 aromatic heterocycles. The smallest absolute Gasteiger partial charge is 0.223 e. The summed E-state index contributed by atoms with van der Waals surface area (Å²) in [7, 11) is 0. The van der Waals surface area contributed by atoms with Crippen molar-refractivity contribution >= 4 is 5.91 Å². The van der Waals surface area contributed by atoms with E-state index in [-0.39, 0.29) is 18.1 Å². The van der Waals surface area contributed by atoms with Crippen molar-refractivity contribution in [2.24, 2.45) is 0 Å². The third kappa shape index (κ3) is 4.23. The summed E-state index contributed by atoms with van der Waals surface area (Å²) in [4.78, 5) is 23.0. The maximum Gasteiger partial charge on any atom is 0.223 e. The lowest BCUT2D eigenvalue weighted by molar-refractivity contribution is -0.144. The molecule has 2 atom stereocenters. The highest BCUT2D eigenvalue weighted by molar-refractivity contribution is 5.77. The van der Waals surface area contributed by atoms with Crippen LogP contribution >= 0.6 is 0 Å². The average Bonchev–Trinajstić information content (AvgIpc) is 2.63. The number of benzene rings is 1. The summed E-state index contributed by atoms with van der Waals surface area (Å²) < 4.78 is 6.04. The van der Waals surface area contributed by atoms with E-state index in [1.54, 1.807) is 18.6 Å². The molecule has 0 saturated carbocycles. The van der Waals surface area contributed by atoms with E-state index in [0.717, 1.165) is 5.69 Å². The second kappa shape index (κ2) is 7.74. The molecule has 0 spiro atoms. The molecule has 5 heteroatoms. The number of hydrogen-bond donors (Lipinski definition) is 0. The van der Waals surface area contributed by atoms with Gasteiger partial charge in [0.2, 0.25) is 5.91 Å². The topological polar surface area (TPSA) is 55.3 Å². The van der Waals surface area contributed by atoms with Gasteiger partial charge in [-0.2, -0.15) is 0 Å². The van der Waals surface area contributed by atoms with Crippen molar-refractivity contribution in [3.05, 3.63) is 59.2 Å². The van der Waals surface area contributed by atoms with E-state index < -0.39 is 0 Å². The summed E-state index contributed by atoms with van der Waals surface area (Å²) in [6.07, 6.45) is 6.02. The molecule has 0 unspecified atom stereocenters. The number of carbonyl (C=O) groups excluding carboxylic acids is 1. The molecule has 5 nitrogen and oxygen atoms in total. The lowest BCUT2D eigenvalue weighted by Gasteiger charge is -2.39. The molecule has 0 bridgehead atoms. The number of rotatable bonds is 4. The molecule has 1 fully saturated rings.